The normalized spacial score (nSPS) is 11.9. The van der Waals surface area contributed by atoms with Crippen LogP contribution in [0.3, 0.4) is 0 Å². The molecule has 3 rings (SSSR count). The van der Waals surface area contributed by atoms with Gasteiger partial charge in [-0.3, -0.25) is 19.6 Å². The van der Waals surface area contributed by atoms with Crippen LogP contribution in [0.2, 0.25) is 0 Å². The predicted molar refractivity (Wildman–Crippen MR) is 106 cm³/mol. The fourth-order valence-electron chi connectivity index (χ4n) is 3.15. The molecular formula is C21H21FN4O3. The maximum absolute atomic E-state index is 13.0. The monoisotopic (exact) mass is 396 g/mol. The van der Waals surface area contributed by atoms with Gasteiger partial charge in [0.15, 0.2) is 0 Å². The fourth-order valence-corrected chi connectivity index (χ4v) is 3.15. The number of aromatic nitrogens is 2. The van der Waals surface area contributed by atoms with E-state index in [1.165, 1.54) is 12.1 Å². The average Bonchev–Trinajstić information content (AvgIpc) is 2.96. The summed E-state index contributed by atoms with van der Waals surface area (Å²) in [7, 11) is 0. The molecule has 1 atom stereocenters. The Morgan fingerprint density at radius 2 is 1.79 bits per heavy atom. The zero-order valence-corrected chi connectivity index (χ0v) is 16.3. The van der Waals surface area contributed by atoms with Gasteiger partial charge < -0.3 is 5.32 Å². The number of hydrogen-bond donors (Lipinski definition) is 1. The average molecular weight is 396 g/mol. The van der Waals surface area contributed by atoms with E-state index >= 15 is 0 Å². The highest BCUT2D eigenvalue weighted by molar-refractivity contribution is 5.94. The number of nitrogens with one attached hydrogen (secondary N) is 1. The fraction of sp³-hybridized carbons (Fsp3) is 0.238. The number of rotatable bonds is 6. The van der Waals surface area contributed by atoms with Gasteiger partial charge >= 0.3 is 5.69 Å². The molecule has 8 heteroatoms. The Hall–Kier alpha value is -3.55. The summed E-state index contributed by atoms with van der Waals surface area (Å²) in [6.45, 7) is 5.47. The first-order chi connectivity index (χ1) is 13.8. The highest BCUT2D eigenvalue weighted by Crippen LogP contribution is 2.22. The molecule has 2 aromatic carbocycles. The van der Waals surface area contributed by atoms with Crippen LogP contribution >= 0.6 is 0 Å². The summed E-state index contributed by atoms with van der Waals surface area (Å²) in [5, 5.41) is 18.2. The minimum Gasteiger partial charge on any atom is -0.346 e. The van der Waals surface area contributed by atoms with Crippen molar-refractivity contribution in [3.63, 3.8) is 0 Å². The van der Waals surface area contributed by atoms with Gasteiger partial charge in [0.05, 0.1) is 17.5 Å². The van der Waals surface area contributed by atoms with Crippen molar-refractivity contribution in [2.24, 2.45) is 0 Å². The summed E-state index contributed by atoms with van der Waals surface area (Å²) in [6, 6.07) is 12.7. The van der Waals surface area contributed by atoms with Crippen LogP contribution in [0.1, 0.15) is 45.8 Å². The summed E-state index contributed by atoms with van der Waals surface area (Å²) in [5.41, 5.74) is 3.05. The van der Waals surface area contributed by atoms with E-state index in [1.807, 2.05) is 6.92 Å². The summed E-state index contributed by atoms with van der Waals surface area (Å²) >= 11 is 0. The lowest BCUT2D eigenvalue weighted by Crippen LogP contribution is -2.26. The lowest BCUT2D eigenvalue weighted by Gasteiger charge is -2.14. The number of carbonyl (C=O) groups excluding carboxylic acids is 1. The predicted octanol–water partition coefficient (Wildman–Crippen LogP) is 4.09. The molecule has 0 aliphatic carbocycles. The van der Waals surface area contributed by atoms with Crippen molar-refractivity contribution < 1.29 is 14.1 Å². The molecule has 0 aliphatic heterocycles. The van der Waals surface area contributed by atoms with Gasteiger partial charge in [0.1, 0.15) is 17.2 Å². The number of halogens is 1. The highest BCUT2D eigenvalue weighted by Gasteiger charge is 2.21. The molecular weight excluding hydrogens is 375 g/mol. The van der Waals surface area contributed by atoms with E-state index in [9.17, 15) is 19.3 Å². The van der Waals surface area contributed by atoms with Crippen molar-refractivity contribution in [3.8, 4) is 0 Å². The Kier molecular flexibility index (Phi) is 5.72. The van der Waals surface area contributed by atoms with E-state index in [2.05, 4.69) is 10.4 Å². The van der Waals surface area contributed by atoms with Crippen LogP contribution in [0.15, 0.2) is 48.5 Å². The molecule has 0 saturated carbocycles. The number of nitro groups is 1. The Morgan fingerprint density at radius 1 is 1.17 bits per heavy atom. The largest absolute Gasteiger partial charge is 0.346 e. The van der Waals surface area contributed by atoms with Crippen molar-refractivity contribution in [3.05, 3.63) is 92.5 Å². The van der Waals surface area contributed by atoms with Crippen LogP contribution in [0.25, 0.3) is 0 Å². The minimum absolute atomic E-state index is 0.0239. The smallest absolute Gasteiger partial charge is 0.312 e. The molecule has 1 amide bonds. The Bertz CT molecular complexity index is 1040. The second-order valence-electron chi connectivity index (χ2n) is 6.88. The molecule has 150 valence electrons. The zero-order valence-electron chi connectivity index (χ0n) is 16.3. The van der Waals surface area contributed by atoms with Crippen molar-refractivity contribution in [2.45, 2.75) is 33.4 Å². The third kappa shape index (κ3) is 4.48. The molecule has 1 aromatic heterocycles. The quantitative estimate of drug-likeness (QED) is 0.502. The van der Waals surface area contributed by atoms with Crippen LogP contribution in [-0.2, 0) is 6.54 Å². The second kappa shape index (κ2) is 8.22. The maximum atomic E-state index is 13.0. The van der Waals surface area contributed by atoms with Gasteiger partial charge in [0.2, 0.25) is 0 Å². The minimum atomic E-state index is -0.427. The molecule has 0 saturated heterocycles. The molecule has 29 heavy (non-hydrogen) atoms. The third-order valence-corrected chi connectivity index (χ3v) is 4.79. The Morgan fingerprint density at radius 3 is 2.34 bits per heavy atom. The van der Waals surface area contributed by atoms with Crippen LogP contribution < -0.4 is 5.32 Å². The molecule has 1 N–H and O–H groups in total. The third-order valence-electron chi connectivity index (χ3n) is 4.79. The molecule has 3 aromatic rings. The van der Waals surface area contributed by atoms with E-state index in [4.69, 9.17) is 0 Å². The van der Waals surface area contributed by atoms with Crippen LogP contribution in [0.4, 0.5) is 10.1 Å². The molecule has 0 radical (unpaired) electrons. The number of aryl methyl sites for hydroxylation is 1. The van der Waals surface area contributed by atoms with Crippen LogP contribution in [-0.4, -0.2) is 20.6 Å². The molecule has 0 fully saturated rings. The SMILES string of the molecule is Cc1nn(Cc2ccc(C(=O)N[C@@H](C)c3ccc(F)cc3)cc2)c(C)c1[N+](=O)[O-]. The van der Waals surface area contributed by atoms with Crippen molar-refractivity contribution in [2.75, 3.05) is 0 Å². The molecule has 1 heterocycles. The van der Waals surface area contributed by atoms with Crippen molar-refractivity contribution in [1.29, 1.82) is 0 Å². The maximum Gasteiger partial charge on any atom is 0.312 e. The first-order valence-electron chi connectivity index (χ1n) is 9.10. The summed E-state index contributed by atoms with van der Waals surface area (Å²) in [5.74, 6) is -0.564. The van der Waals surface area contributed by atoms with Gasteiger partial charge in [-0.25, -0.2) is 4.39 Å². The number of amides is 1. The number of nitrogens with zero attached hydrogens (tertiary/aromatic N) is 3. The first kappa shape index (κ1) is 20.2. The Balaban J connectivity index is 1.68. The van der Waals surface area contributed by atoms with Gasteiger partial charge in [-0.1, -0.05) is 24.3 Å². The van der Waals surface area contributed by atoms with Gasteiger partial charge in [0, 0.05) is 5.56 Å². The number of hydrogen-bond acceptors (Lipinski definition) is 4. The molecule has 0 unspecified atom stereocenters. The van der Waals surface area contributed by atoms with Gasteiger partial charge in [-0.15, -0.1) is 0 Å². The summed E-state index contributed by atoms with van der Waals surface area (Å²) < 4.78 is 14.6. The van der Waals surface area contributed by atoms with Crippen LogP contribution in [0, 0.1) is 29.8 Å². The van der Waals surface area contributed by atoms with Gasteiger partial charge in [-0.2, -0.15) is 5.10 Å². The van der Waals surface area contributed by atoms with Crippen molar-refractivity contribution >= 4 is 11.6 Å². The highest BCUT2D eigenvalue weighted by atomic mass is 19.1. The lowest BCUT2D eigenvalue weighted by molar-refractivity contribution is -0.386. The second-order valence-corrected chi connectivity index (χ2v) is 6.88. The molecule has 0 aliphatic rings. The number of carbonyl (C=O) groups is 1. The topological polar surface area (TPSA) is 90.1 Å². The number of benzene rings is 2. The summed E-state index contributed by atoms with van der Waals surface area (Å²) in [6.07, 6.45) is 0. The van der Waals surface area contributed by atoms with Crippen LogP contribution in [0.5, 0.6) is 0 Å². The van der Waals surface area contributed by atoms with Gasteiger partial charge in [0.25, 0.3) is 5.91 Å². The standard InChI is InChI=1S/C21H21FN4O3/c1-13(17-8-10-19(22)11-9-17)23-21(27)18-6-4-16(5-7-18)12-25-15(3)20(26(28)29)14(2)24-25/h4-11,13H,12H2,1-3H3,(H,23,27)/t13-/m0/s1. The zero-order chi connectivity index (χ0) is 21.1. The van der Waals surface area contributed by atoms with E-state index in [1.54, 1.807) is 54.9 Å². The van der Waals surface area contributed by atoms with E-state index in [0.29, 0.717) is 23.5 Å². The Labute approximate surface area is 167 Å². The molecule has 0 spiro atoms. The van der Waals surface area contributed by atoms with E-state index in [0.717, 1.165) is 11.1 Å². The molecule has 7 nitrogen and oxygen atoms in total. The van der Waals surface area contributed by atoms with E-state index < -0.39 is 4.92 Å². The van der Waals surface area contributed by atoms with Gasteiger partial charge in [-0.05, 0) is 56.2 Å². The van der Waals surface area contributed by atoms with Crippen molar-refractivity contribution in [1.82, 2.24) is 15.1 Å². The summed E-state index contributed by atoms with van der Waals surface area (Å²) in [4.78, 5) is 23.2. The molecule has 0 bridgehead atoms. The first-order valence-corrected chi connectivity index (χ1v) is 9.10. The van der Waals surface area contributed by atoms with E-state index in [-0.39, 0.29) is 23.5 Å². The lowest BCUT2D eigenvalue weighted by atomic mass is 10.1.